The van der Waals surface area contributed by atoms with Crippen LogP contribution < -0.4 is 15.2 Å². The van der Waals surface area contributed by atoms with E-state index >= 15 is 0 Å². The van der Waals surface area contributed by atoms with Gasteiger partial charge in [-0.2, -0.15) is 5.10 Å². The molecule has 0 spiro atoms. The number of thioether (sulfide) groups is 1. The fourth-order valence-electron chi connectivity index (χ4n) is 4.29. The van der Waals surface area contributed by atoms with Crippen LogP contribution in [0.15, 0.2) is 60.0 Å². The number of piperazine rings is 1. The summed E-state index contributed by atoms with van der Waals surface area (Å²) in [6, 6.07) is 12.4. The number of nitrogens with one attached hydrogen (secondary N) is 1. The lowest BCUT2D eigenvalue weighted by molar-refractivity contribution is -0.128. The predicted octanol–water partition coefficient (Wildman–Crippen LogP) is 2.84. The molecule has 0 saturated carbocycles. The van der Waals surface area contributed by atoms with E-state index < -0.39 is 6.17 Å². The van der Waals surface area contributed by atoms with Crippen molar-refractivity contribution in [1.29, 1.82) is 0 Å². The third-order valence-corrected chi connectivity index (χ3v) is 7.50. The van der Waals surface area contributed by atoms with Gasteiger partial charge in [0.15, 0.2) is 5.17 Å². The van der Waals surface area contributed by atoms with Crippen LogP contribution in [0.4, 0.5) is 15.8 Å². The van der Waals surface area contributed by atoms with Crippen molar-refractivity contribution in [1.82, 2.24) is 15.2 Å². The molecule has 1 fully saturated rings. The van der Waals surface area contributed by atoms with Crippen molar-refractivity contribution >= 4 is 40.1 Å². The van der Waals surface area contributed by atoms with E-state index in [0.29, 0.717) is 31.3 Å². The molecule has 1 saturated heterocycles. The summed E-state index contributed by atoms with van der Waals surface area (Å²) in [6.07, 6.45) is 2.93. The Morgan fingerprint density at radius 1 is 1.03 bits per heavy atom. The summed E-state index contributed by atoms with van der Waals surface area (Å²) in [5.74, 6) is -0.111. The van der Waals surface area contributed by atoms with E-state index in [1.165, 1.54) is 29.5 Å². The summed E-state index contributed by atoms with van der Waals surface area (Å²) < 4.78 is 13.2. The van der Waals surface area contributed by atoms with Crippen LogP contribution in [0.5, 0.6) is 0 Å². The monoisotopic (exact) mass is 494 g/mol. The summed E-state index contributed by atoms with van der Waals surface area (Å²) in [7, 11) is 0. The molecule has 1 unspecified atom stereocenters. The molecular formula is C25H27FN6O2S. The Bertz CT molecular complexity index is 1190. The van der Waals surface area contributed by atoms with Crippen LogP contribution in [0.1, 0.15) is 11.1 Å². The minimum atomic E-state index is -0.626. The SMILES string of the molecule is Cc1ccc(N2C=CN3C(SCC(=O)N4CCN(c5ccc(F)cc5)CC4)=NNC3C2=O)cc1C. The van der Waals surface area contributed by atoms with E-state index in [0.717, 1.165) is 16.9 Å². The van der Waals surface area contributed by atoms with Crippen LogP contribution >= 0.6 is 11.8 Å². The average molecular weight is 495 g/mol. The largest absolute Gasteiger partial charge is 0.368 e. The van der Waals surface area contributed by atoms with Crippen molar-refractivity contribution in [2.45, 2.75) is 20.0 Å². The Labute approximate surface area is 208 Å². The van der Waals surface area contributed by atoms with Gasteiger partial charge in [-0.25, -0.2) is 4.39 Å². The molecule has 0 bridgehead atoms. The van der Waals surface area contributed by atoms with Crippen LogP contribution in [-0.4, -0.2) is 64.9 Å². The number of rotatable bonds is 4. The van der Waals surface area contributed by atoms with Gasteiger partial charge < -0.3 is 9.80 Å². The smallest absolute Gasteiger partial charge is 0.276 e. The number of halogens is 1. The van der Waals surface area contributed by atoms with E-state index in [4.69, 9.17) is 0 Å². The van der Waals surface area contributed by atoms with Gasteiger partial charge in [-0.1, -0.05) is 17.8 Å². The number of hydrazone groups is 1. The molecule has 8 nitrogen and oxygen atoms in total. The normalized spacial score (nSPS) is 19.6. The van der Waals surface area contributed by atoms with Crippen molar-refractivity contribution in [3.05, 3.63) is 71.8 Å². The third-order valence-electron chi connectivity index (χ3n) is 6.55. The Morgan fingerprint density at radius 3 is 2.46 bits per heavy atom. The van der Waals surface area contributed by atoms with E-state index in [2.05, 4.69) is 15.4 Å². The lowest BCUT2D eigenvalue weighted by Crippen LogP contribution is -2.52. The van der Waals surface area contributed by atoms with Gasteiger partial charge in [-0.05, 0) is 61.4 Å². The predicted molar refractivity (Wildman–Crippen MR) is 136 cm³/mol. The van der Waals surface area contributed by atoms with Crippen LogP contribution in [-0.2, 0) is 9.59 Å². The molecule has 2 aromatic carbocycles. The molecule has 0 aliphatic carbocycles. The minimum absolute atomic E-state index is 0.0315. The first-order valence-corrected chi connectivity index (χ1v) is 12.5. The number of benzene rings is 2. The topological polar surface area (TPSA) is 71.5 Å². The highest BCUT2D eigenvalue weighted by Gasteiger charge is 2.38. The second-order valence-corrected chi connectivity index (χ2v) is 9.68. The second-order valence-electron chi connectivity index (χ2n) is 8.74. The lowest BCUT2D eigenvalue weighted by Gasteiger charge is -2.36. The molecule has 1 atom stereocenters. The summed E-state index contributed by atoms with van der Waals surface area (Å²) >= 11 is 1.32. The Balaban J connectivity index is 1.15. The van der Waals surface area contributed by atoms with Crippen LogP contribution in [0.3, 0.4) is 0 Å². The number of amidine groups is 1. The Morgan fingerprint density at radius 2 is 1.74 bits per heavy atom. The van der Waals surface area contributed by atoms with Crippen LogP contribution in [0, 0.1) is 19.7 Å². The maximum absolute atomic E-state index is 13.2. The van der Waals surface area contributed by atoms with Crippen molar-refractivity contribution in [2.75, 3.05) is 41.7 Å². The summed E-state index contributed by atoms with van der Waals surface area (Å²) in [4.78, 5) is 33.3. The van der Waals surface area contributed by atoms with E-state index in [1.807, 2.05) is 43.1 Å². The fourth-order valence-corrected chi connectivity index (χ4v) is 5.16. The molecular weight excluding hydrogens is 467 g/mol. The highest BCUT2D eigenvalue weighted by atomic mass is 32.2. The summed E-state index contributed by atoms with van der Waals surface area (Å²) in [5, 5.41) is 4.91. The van der Waals surface area contributed by atoms with Crippen molar-refractivity contribution in [3.8, 4) is 0 Å². The van der Waals surface area contributed by atoms with E-state index in [-0.39, 0.29) is 23.4 Å². The Kier molecular flexibility index (Phi) is 6.38. The first-order chi connectivity index (χ1) is 16.9. The Hall–Kier alpha value is -3.53. The molecule has 3 heterocycles. The number of carbonyl (C=O) groups is 2. The van der Waals surface area contributed by atoms with E-state index in [1.54, 1.807) is 28.1 Å². The van der Waals surface area contributed by atoms with Crippen LogP contribution in [0.25, 0.3) is 0 Å². The molecule has 0 radical (unpaired) electrons. The van der Waals surface area contributed by atoms with Gasteiger partial charge in [0.1, 0.15) is 5.82 Å². The highest BCUT2D eigenvalue weighted by molar-refractivity contribution is 8.14. The highest BCUT2D eigenvalue weighted by Crippen LogP contribution is 2.27. The number of fused-ring (bicyclic) bond motifs is 1. The molecule has 2 amide bonds. The van der Waals surface area contributed by atoms with Crippen molar-refractivity contribution in [3.63, 3.8) is 0 Å². The number of hydrogen-bond donors (Lipinski definition) is 1. The van der Waals surface area contributed by atoms with Gasteiger partial charge in [0.05, 0.1) is 5.75 Å². The van der Waals surface area contributed by atoms with Gasteiger partial charge >= 0.3 is 0 Å². The fraction of sp³-hybridized carbons (Fsp3) is 0.320. The molecule has 10 heteroatoms. The van der Waals surface area contributed by atoms with E-state index in [9.17, 15) is 14.0 Å². The van der Waals surface area contributed by atoms with Crippen molar-refractivity contribution < 1.29 is 14.0 Å². The molecule has 182 valence electrons. The average Bonchev–Trinajstić information content (AvgIpc) is 3.29. The van der Waals surface area contributed by atoms with Gasteiger partial charge in [-0.3, -0.25) is 24.8 Å². The van der Waals surface area contributed by atoms with Crippen molar-refractivity contribution in [2.24, 2.45) is 5.10 Å². The molecule has 1 N–H and O–H groups in total. The maximum atomic E-state index is 13.2. The van der Waals surface area contributed by atoms with Crippen LogP contribution in [0.2, 0.25) is 0 Å². The molecule has 3 aliphatic heterocycles. The molecule has 35 heavy (non-hydrogen) atoms. The number of carbonyl (C=O) groups excluding carboxylic acids is 2. The molecule has 2 aromatic rings. The quantitative estimate of drug-likeness (QED) is 0.705. The zero-order valence-corrected chi connectivity index (χ0v) is 20.5. The summed E-state index contributed by atoms with van der Waals surface area (Å²) in [5.41, 5.74) is 6.97. The van der Waals surface area contributed by atoms with Gasteiger partial charge in [0.2, 0.25) is 12.1 Å². The second kappa shape index (κ2) is 9.61. The zero-order chi connectivity index (χ0) is 24.5. The molecule has 5 rings (SSSR count). The zero-order valence-electron chi connectivity index (χ0n) is 19.6. The molecule has 0 aromatic heterocycles. The first kappa shape index (κ1) is 23.2. The van der Waals surface area contributed by atoms with Gasteiger partial charge in [0, 0.05) is 50.0 Å². The number of anilines is 2. The standard InChI is InChI=1S/C25H27FN6O2S/c1-17-3-6-21(15-18(17)2)31-13-14-32-23(24(31)34)27-28-25(32)35-16-22(33)30-11-9-29(10-12-30)20-7-4-19(26)5-8-20/h3-8,13-15,23,27H,9-12,16H2,1-2H3. The number of amides is 2. The van der Waals surface area contributed by atoms with Gasteiger partial charge in [0.25, 0.3) is 5.91 Å². The molecule has 3 aliphatic rings. The minimum Gasteiger partial charge on any atom is -0.368 e. The first-order valence-electron chi connectivity index (χ1n) is 11.5. The maximum Gasteiger partial charge on any atom is 0.276 e. The number of aryl methyl sites for hydroxylation is 2. The third kappa shape index (κ3) is 4.70. The number of nitrogens with zero attached hydrogens (tertiary/aromatic N) is 5. The number of hydrogen-bond acceptors (Lipinski definition) is 7. The van der Waals surface area contributed by atoms with Gasteiger partial charge in [-0.15, -0.1) is 0 Å². The lowest BCUT2D eigenvalue weighted by atomic mass is 10.1. The summed E-state index contributed by atoms with van der Waals surface area (Å²) in [6.45, 7) is 6.68.